The number of amides is 1. The second kappa shape index (κ2) is 4.67. The molecule has 0 atom stereocenters. The van der Waals surface area contributed by atoms with Gasteiger partial charge in [-0.15, -0.1) is 6.42 Å². The van der Waals surface area contributed by atoms with Gasteiger partial charge < -0.3 is 9.47 Å². The van der Waals surface area contributed by atoms with Crippen LogP contribution in [0.25, 0.3) is 0 Å². The van der Waals surface area contributed by atoms with Crippen LogP contribution in [0.5, 0.6) is 0 Å². The first-order valence-corrected chi connectivity index (χ1v) is 5.98. The minimum Gasteiger partial charge on any atom is -0.344 e. The lowest BCUT2D eigenvalue weighted by Gasteiger charge is -2.20. The monoisotopic (exact) mass is 230 g/mol. The van der Waals surface area contributed by atoms with E-state index in [9.17, 15) is 4.79 Å². The van der Waals surface area contributed by atoms with Crippen molar-refractivity contribution in [3.8, 4) is 12.3 Å². The number of hydrogen-bond acceptors (Lipinski definition) is 1. The summed E-state index contributed by atoms with van der Waals surface area (Å²) in [4.78, 5) is 14.1. The van der Waals surface area contributed by atoms with Crippen LogP contribution in [-0.4, -0.2) is 28.5 Å². The Labute approximate surface area is 102 Å². The van der Waals surface area contributed by atoms with Crippen LogP contribution in [0.4, 0.5) is 0 Å². The maximum Gasteiger partial charge on any atom is 0.271 e. The van der Waals surface area contributed by atoms with E-state index in [1.54, 1.807) is 4.90 Å². The van der Waals surface area contributed by atoms with Crippen molar-refractivity contribution in [1.82, 2.24) is 9.47 Å². The van der Waals surface area contributed by atoms with Crippen molar-refractivity contribution in [2.45, 2.75) is 19.8 Å². The molecule has 90 valence electrons. The topological polar surface area (TPSA) is 25.2 Å². The summed E-state index contributed by atoms with van der Waals surface area (Å²) < 4.78 is 1.92. The van der Waals surface area contributed by atoms with E-state index in [0.29, 0.717) is 12.5 Å². The van der Waals surface area contributed by atoms with Gasteiger partial charge in [0, 0.05) is 19.3 Å². The van der Waals surface area contributed by atoms with E-state index in [1.165, 1.54) is 12.8 Å². The minimum atomic E-state index is 0.0467. The Morgan fingerprint density at radius 2 is 2.29 bits per heavy atom. The molecule has 1 aliphatic carbocycles. The Hall–Kier alpha value is -1.69. The van der Waals surface area contributed by atoms with E-state index in [0.717, 1.165) is 17.9 Å². The molecule has 1 heterocycles. The molecule has 1 fully saturated rings. The average Bonchev–Trinajstić information content (AvgIpc) is 3.06. The van der Waals surface area contributed by atoms with Crippen LogP contribution in [0, 0.1) is 25.2 Å². The molecule has 1 amide bonds. The highest BCUT2D eigenvalue weighted by Crippen LogP contribution is 2.30. The zero-order chi connectivity index (χ0) is 12.4. The lowest BCUT2D eigenvalue weighted by Crippen LogP contribution is -2.34. The second-order valence-corrected chi connectivity index (χ2v) is 4.75. The van der Waals surface area contributed by atoms with Crippen LogP contribution in [-0.2, 0) is 7.05 Å². The van der Waals surface area contributed by atoms with Crippen molar-refractivity contribution >= 4 is 5.91 Å². The quantitative estimate of drug-likeness (QED) is 0.724. The van der Waals surface area contributed by atoms with Crippen LogP contribution >= 0.6 is 0 Å². The Kier molecular flexibility index (Phi) is 3.23. The molecule has 0 spiro atoms. The molecule has 0 unspecified atom stereocenters. The van der Waals surface area contributed by atoms with Crippen molar-refractivity contribution in [2.75, 3.05) is 13.1 Å². The van der Waals surface area contributed by atoms with Gasteiger partial charge in [-0.3, -0.25) is 4.79 Å². The van der Waals surface area contributed by atoms with Crippen molar-refractivity contribution < 1.29 is 4.79 Å². The summed E-state index contributed by atoms with van der Waals surface area (Å²) in [5.74, 6) is 3.28. The lowest BCUT2D eigenvalue weighted by atomic mass is 10.3. The van der Waals surface area contributed by atoms with Crippen LogP contribution < -0.4 is 0 Å². The highest BCUT2D eigenvalue weighted by molar-refractivity contribution is 5.93. The number of nitrogens with zero attached hydrogens (tertiary/aromatic N) is 2. The van der Waals surface area contributed by atoms with Gasteiger partial charge in [0.1, 0.15) is 5.69 Å². The third kappa shape index (κ3) is 2.52. The molecule has 0 saturated heterocycles. The van der Waals surface area contributed by atoms with Crippen LogP contribution in [0.3, 0.4) is 0 Å². The highest BCUT2D eigenvalue weighted by Gasteiger charge is 2.27. The maximum atomic E-state index is 12.3. The smallest absolute Gasteiger partial charge is 0.271 e. The first-order valence-electron chi connectivity index (χ1n) is 5.98. The molecular weight excluding hydrogens is 212 g/mol. The molecule has 0 radical (unpaired) electrons. The summed E-state index contributed by atoms with van der Waals surface area (Å²) in [6.45, 7) is 3.19. The molecular formula is C14H18N2O. The van der Waals surface area contributed by atoms with Gasteiger partial charge in [0.2, 0.25) is 0 Å². The molecule has 1 aromatic heterocycles. The lowest BCUT2D eigenvalue weighted by molar-refractivity contribution is 0.0760. The maximum absolute atomic E-state index is 12.3. The fourth-order valence-corrected chi connectivity index (χ4v) is 1.93. The van der Waals surface area contributed by atoms with Gasteiger partial charge >= 0.3 is 0 Å². The van der Waals surface area contributed by atoms with Gasteiger partial charge in [0.15, 0.2) is 0 Å². The van der Waals surface area contributed by atoms with Gasteiger partial charge in [-0.05, 0) is 37.8 Å². The molecule has 0 bridgehead atoms. The third-order valence-electron chi connectivity index (χ3n) is 3.34. The average molecular weight is 230 g/mol. The van der Waals surface area contributed by atoms with Crippen molar-refractivity contribution in [1.29, 1.82) is 0 Å². The molecule has 3 nitrogen and oxygen atoms in total. The molecule has 3 heteroatoms. The number of aryl methyl sites for hydroxylation is 1. The van der Waals surface area contributed by atoms with Gasteiger partial charge in [-0.2, -0.15) is 0 Å². The molecule has 0 N–H and O–H groups in total. The van der Waals surface area contributed by atoms with Crippen LogP contribution in [0.2, 0.25) is 0 Å². The Morgan fingerprint density at radius 1 is 1.59 bits per heavy atom. The first-order chi connectivity index (χ1) is 8.13. The molecule has 0 aromatic carbocycles. The standard InChI is InChI=1S/C14H18N2O/c1-4-9-16(10-12-6-7-12)14(17)13-8-5-11(2)15(13)3/h1,5,8,12H,6-7,9-10H2,2-3H3. The number of hydrogen-bond donors (Lipinski definition) is 0. The number of rotatable bonds is 4. The largest absolute Gasteiger partial charge is 0.344 e. The second-order valence-electron chi connectivity index (χ2n) is 4.75. The number of terminal acetylenes is 1. The number of carbonyl (C=O) groups is 1. The molecule has 17 heavy (non-hydrogen) atoms. The normalized spacial score (nSPS) is 14.4. The van der Waals surface area contributed by atoms with E-state index < -0.39 is 0 Å². The van der Waals surface area contributed by atoms with Crippen molar-refractivity contribution in [3.63, 3.8) is 0 Å². The number of aromatic nitrogens is 1. The van der Waals surface area contributed by atoms with E-state index in [2.05, 4.69) is 5.92 Å². The minimum absolute atomic E-state index is 0.0467. The van der Waals surface area contributed by atoms with Crippen molar-refractivity contribution in [3.05, 3.63) is 23.5 Å². The van der Waals surface area contributed by atoms with Gasteiger partial charge in [-0.25, -0.2) is 0 Å². The fourth-order valence-electron chi connectivity index (χ4n) is 1.93. The van der Waals surface area contributed by atoms with Crippen molar-refractivity contribution in [2.24, 2.45) is 13.0 Å². The zero-order valence-electron chi connectivity index (χ0n) is 10.4. The summed E-state index contributed by atoms with van der Waals surface area (Å²) >= 11 is 0. The van der Waals surface area contributed by atoms with E-state index in [4.69, 9.17) is 6.42 Å². The fraction of sp³-hybridized carbons (Fsp3) is 0.500. The van der Waals surface area contributed by atoms with E-state index in [1.807, 2.05) is 30.7 Å². The SMILES string of the molecule is C#CCN(CC1CC1)C(=O)c1ccc(C)n1C. The summed E-state index contributed by atoms with van der Waals surface area (Å²) in [7, 11) is 1.91. The Balaban J connectivity index is 2.15. The van der Waals surface area contributed by atoms with E-state index in [-0.39, 0.29) is 5.91 Å². The van der Waals surface area contributed by atoms with E-state index >= 15 is 0 Å². The number of carbonyl (C=O) groups excluding carboxylic acids is 1. The van der Waals surface area contributed by atoms with Crippen LogP contribution in [0.15, 0.2) is 12.1 Å². The summed E-state index contributed by atoms with van der Waals surface area (Å²) in [5.41, 5.74) is 1.80. The zero-order valence-corrected chi connectivity index (χ0v) is 10.4. The summed E-state index contributed by atoms with van der Waals surface area (Å²) in [5, 5.41) is 0. The third-order valence-corrected chi connectivity index (χ3v) is 3.34. The molecule has 0 aliphatic heterocycles. The Bertz CT molecular complexity index is 463. The molecule has 1 aliphatic rings. The molecule has 1 saturated carbocycles. The predicted octanol–water partition coefficient (Wildman–Crippen LogP) is 1.82. The van der Waals surface area contributed by atoms with Gasteiger partial charge in [0.05, 0.1) is 6.54 Å². The molecule has 2 rings (SSSR count). The molecule has 1 aromatic rings. The summed E-state index contributed by atoms with van der Waals surface area (Å²) in [6.07, 6.45) is 7.78. The highest BCUT2D eigenvalue weighted by atomic mass is 16.2. The predicted molar refractivity (Wildman–Crippen MR) is 67.6 cm³/mol. The van der Waals surface area contributed by atoms with Gasteiger partial charge in [0.25, 0.3) is 5.91 Å². The Morgan fingerprint density at radius 3 is 2.76 bits per heavy atom. The summed E-state index contributed by atoms with van der Waals surface area (Å²) in [6, 6.07) is 3.83. The van der Waals surface area contributed by atoms with Crippen LogP contribution in [0.1, 0.15) is 29.0 Å². The first kappa shape index (κ1) is 11.8. The van der Waals surface area contributed by atoms with Gasteiger partial charge in [-0.1, -0.05) is 5.92 Å².